The Labute approximate surface area is 141 Å². The van der Waals surface area contributed by atoms with E-state index in [0.29, 0.717) is 36.0 Å². The Hall–Kier alpha value is -2.81. The molecule has 0 radical (unpaired) electrons. The van der Waals surface area contributed by atoms with Crippen LogP contribution >= 0.6 is 11.8 Å². The quantitative estimate of drug-likeness (QED) is 0.720. The van der Waals surface area contributed by atoms with Gasteiger partial charge in [0.15, 0.2) is 17.1 Å². The van der Waals surface area contributed by atoms with Gasteiger partial charge in [0.2, 0.25) is 5.91 Å². The summed E-state index contributed by atoms with van der Waals surface area (Å²) in [5.74, 6) is 1.46. The molecule has 1 aliphatic heterocycles. The molecule has 4 rings (SSSR count). The molecule has 122 valence electrons. The van der Waals surface area contributed by atoms with Crippen molar-refractivity contribution < 1.29 is 14.3 Å². The summed E-state index contributed by atoms with van der Waals surface area (Å²) < 4.78 is 12.5. The summed E-state index contributed by atoms with van der Waals surface area (Å²) in [4.78, 5) is 12.1. The lowest BCUT2D eigenvalue weighted by Crippen LogP contribution is -2.17. The van der Waals surface area contributed by atoms with E-state index in [9.17, 15) is 4.79 Å². The molecule has 24 heavy (non-hydrogen) atoms. The highest BCUT2D eigenvalue weighted by Crippen LogP contribution is 2.32. The van der Waals surface area contributed by atoms with Crippen LogP contribution in [0.2, 0.25) is 0 Å². The van der Waals surface area contributed by atoms with Crippen molar-refractivity contribution in [3.8, 4) is 11.5 Å². The minimum atomic E-state index is -0.123. The van der Waals surface area contributed by atoms with Gasteiger partial charge >= 0.3 is 0 Å². The molecule has 0 spiro atoms. The van der Waals surface area contributed by atoms with Gasteiger partial charge in [-0.15, -0.1) is 10.2 Å². The number of ether oxygens (including phenoxy) is 2. The number of carbonyl (C=O) groups is 1. The van der Waals surface area contributed by atoms with Crippen molar-refractivity contribution in [2.75, 3.05) is 24.3 Å². The van der Waals surface area contributed by atoms with Crippen LogP contribution in [0.5, 0.6) is 11.5 Å². The van der Waals surface area contributed by atoms with E-state index < -0.39 is 0 Å². The Bertz CT molecular complexity index is 898. The lowest BCUT2D eigenvalue weighted by molar-refractivity contribution is -0.113. The predicted molar refractivity (Wildman–Crippen MR) is 87.6 cm³/mol. The van der Waals surface area contributed by atoms with Crippen molar-refractivity contribution in [2.24, 2.45) is 0 Å². The summed E-state index contributed by atoms with van der Waals surface area (Å²) in [6.07, 6.45) is 1.52. The van der Waals surface area contributed by atoms with Gasteiger partial charge in [0, 0.05) is 11.8 Å². The molecule has 0 saturated heterocycles. The van der Waals surface area contributed by atoms with E-state index in [4.69, 9.17) is 9.47 Å². The Morgan fingerprint density at radius 2 is 2.08 bits per heavy atom. The average molecular weight is 343 g/mol. The lowest BCUT2D eigenvalue weighted by atomic mass is 10.2. The number of hydrogen-bond donors (Lipinski definition) is 1. The first-order valence-corrected chi connectivity index (χ1v) is 8.26. The lowest BCUT2D eigenvalue weighted by Gasteiger charge is -2.18. The van der Waals surface area contributed by atoms with Crippen molar-refractivity contribution >= 4 is 29.0 Å². The minimum absolute atomic E-state index is 0.123. The maximum Gasteiger partial charge on any atom is 0.234 e. The van der Waals surface area contributed by atoms with Gasteiger partial charge in [-0.2, -0.15) is 9.61 Å². The second kappa shape index (κ2) is 6.36. The number of amides is 1. The van der Waals surface area contributed by atoms with Crippen molar-refractivity contribution in [1.82, 2.24) is 19.8 Å². The predicted octanol–water partition coefficient (Wildman–Crippen LogP) is 1.63. The molecule has 2 aromatic heterocycles. The third kappa shape index (κ3) is 3.11. The molecule has 0 unspecified atom stereocenters. The smallest absolute Gasteiger partial charge is 0.234 e. The van der Waals surface area contributed by atoms with Gasteiger partial charge in [-0.25, -0.2) is 0 Å². The van der Waals surface area contributed by atoms with Gasteiger partial charge in [0.05, 0.1) is 5.75 Å². The zero-order valence-electron chi connectivity index (χ0n) is 12.5. The van der Waals surface area contributed by atoms with Crippen molar-refractivity contribution in [2.45, 2.75) is 5.03 Å². The molecule has 0 aliphatic carbocycles. The van der Waals surface area contributed by atoms with Crippen molar-refractivity contribution in [3.05, 3.63) is 36.7 Å². The maximum absolute atomic E-state index is 12.1. The largest absolute Gasteiger partial charge is 0.486 e. The first-order chi connectivity index (χ1) is 11.8. The number of anilines is 1. The van der Waals surface area contributed by atoms with Crippen LogP contribution < -0.4 is 14.8 Å². The van der Waals surface area contributed by atoms with E-state index in [0.717, 1.165) is 5.03 Å². The van der Waals surface area contributed by atoms with Gasteiger partial charge in [0.25, 0.3) is 0 Å². The van der Waals surface area contributed by atoms with Crippen molar-refractivity contribution in [1.29, 1.82) is 0 Å². The van der Waals surface area contributed by atoms with E-state index in [1.165, 1.54) is 18.1 Å². The Morgan fingerprint density at radius 3 is 3.00 bits per heavy atom. The number of benzene rings is 1. The van der Waals surface area contributed by atoms with Crippen LogP contribution in [-0.2, 0) is 4.79 Å². The molecular weight excluding hydrogens is 330 g/mol. The maximum atomic E-state index is 12.1. The van der Waals surface area contributed by atoms with Gasteiger partial charge in [-0.3, -0.25) is 4.79 Å². The number of fused-ring (bicyclic) bond motifs is 2. The molecular formula is C15H13N5O3S. The molecule has 1 aromatic carbocycles. The normalized spacial score (nSPS) is 13.0. The highest BCUT2D eigenvalue weighted by Gasteiger charge is 2.13. The van der Waals surface area contributed by atoms with Gasteiger partial charge in [-0.05, 0) is 24.3 Å². The van der Waals surface area contributed by atoms with Crippen LogP contribution in [0.4, 0.5) is 5.69 Å². The molecule has 0 bridgehead atoms. The number of thioether (sulfide) groups is 1. The number of nitrogens with zero attached hydrogens (tertiary/aromatic N) is 4. The Morgan fingerprint density at radius 1 is 1.21 bits per heavy atom. The first kappa shape index (κ1) is 14.8. The molecule has 3 aromatic rings. The summed E-state index contributed by atoms with van der Waals surface area (Å²) >= 11 is 1.34. The van der Waals surface area contributed by atoms with Crippen LogP contribution in [0, 0.1) is 0 Å². The van der Waals surface area contributed by atoms with E-state index >= 15 is 0 Å². The SMILES string of the molecule is O=C(CSc1ccc2nncn2n1)Nc1ccc2c(c1)OCCO2. The first-order valence-electron chi connectivity index (χ1n) is 7.27. The van der Waals surface area contributed by atoms with Crippen LogP contribution in [0.25, 0.3) is 5.65 Å². The third-order valence-corrected chi connectivity index (χ3v) is 4.23. The fourth-order valence-electron chi connectivity index (χ4n) is 2.25. The zero-order chi connectivity index (χ0) is 16.4. The van der Waals surface area contributed by atoms with Crippen molar-refractivity contribution in [3.63, 3.8) is 0 Å². The molecule has 1 amide bonds. The number of carbonyl (C=O) groups excluding carboxylic acids is 1. The van der Waals surface area contributed by atoms with Crippen LogP contribution in [0.1, 0.15) is 0 Å². The number of nitrogens with one attached hydrogen (secondary N) is 1. The fraction of sp³-hybridized carbons (Fsp3) is 0.200. The monoisotopic (exact) mass is 343 g/mol. The molecule has 1 N–H and O–H groups in total. The Balaban J connectivity index is 1.37. The second-order valence-electron chi connectivity index (χ2n) is 5.00. The molecule has 0 saturated carbocycles. The molecule has 1 aliphatic rings. The molecule has 9 heteroatoms. The topological polar surface area (TPSA) is 90.6 Å². The second-order valence-corrected chi connectivity index (χ2v) is 6.00. The van der Waals surface area contributed by atoms with Crippen LogP contribution in [-0.4, -0.2) is 44.7 Å². The van der Waals surface area contributed by atoms with Gasteiger partial charge in [-0.1, -0.05) is 11.8 Å². The average Bonchev–Trinajstić information content (AvgIpc) is 3.07. The van der Waals surface area contributed by atoms with E-state index in [1.54, 1.807) is 28.8 Å². The summed E-state index contributed by atoms with van der Waals surface area (Å²) in [6, 6.07) is 8.96. The molecule has 8 nitrogen and oxygen atoms in total. The van der Waals surface area contributed by atoms with Crippen LogP contribution in [0.3, 0.4) is 0 Å². The Kier molecular flexibility index (Phi) is 3.91. The highest BCUT2D eigenvalue weighted by atomic mass is 32.2. The summed E-state index contributed by atoms with van der Waals surface area (Å²) in [6.45, 7) is 1.05. The fourth-order valence-corrected chi connectivity index (χ4v) is 2.91. The summed E-state index contributed by atoms with van der Waals surface area (Å²) in [5, 5.41) is 15.5. The van der Waals surface area contributed by atoms with Gasteiger partial charge in [0.1, 0.15) is 24.6 Å². The number of aromatic nitrogens is 4. The third-order valence-electron chi connectivity index (χ3n) is 3.31. The van der Waals surface area contributed by atoms with Crippen LogP contribution in [0.15, 0.2) is 41.7 Å². The van der Waals surface area contributed by atoms with Gasteiger partial charge < -0.3 is 14.8 Å². The minimum Gasteiger partial charge on any atom is -0.486 e. The molecule has 0 atom stereocenters. The zero-order valence-corrected chi connectivity index (χ0v) is 13.3. The number of rotatable bonds is 4. The molecule has 0 fully saturated rings. The summed E-state index contributed by atoms with van der Waals surface area (Å²) in [5.41, 5.74) is 1.34. The van der Waals surface area contributed by atoms with E-state index in [-0.39, 0.29) is 11.7 Å². The van der Waals surface area contributed by atoms with E-state index in [1.807, 2.05) is 6.07 Å². The number of hydrogen-bond acceptors (Lipinski definition) is 7. The molecule has 3 heterocycles. The van der Waals surface area contributed by atoms with E-state index in [2.05, 4.69) is 20.6 Å². The standard InChI is InChI=1S/C15H13N5O3S/c21-14(8-24-15-4-3-13-18-16-9-20(13)19-15)17-10-1-2-11-12(7-10)23-6-5-22-11/h1-4,7,9H,5-6,8H2,(H,17,21). The highest BCUT2D eigenvalue weighted by molar-refractivity contribution is 7.99. The summed E-state index contributed by atoms with van der Waals surface area (Å²) in [7, 11) is 0.